The van der Waals surface area contributed by atoms with Gasteiger partial charge in [-0.1, -0.05) is 18.2 Å². The largest absolute Gasteiger partial charge is 0.378 e. The van der Waals surface area contributed by atoms with Crippen LogP contribution in [0.2, 0.25) is 0 Å². The lowest BCUT2D eigenvalue weighted by Gasteiger charge is -2.13. The van der Waals surface area contributed by atoms with Crippen LogP contribution in [0.3, 0.4) is 0 Å². The number of guanidine groups is 1. The van der Waals surface area contributed by atoms with E-state index >= 15 is 0 Å². The van der Waals surface area contributed by atoms with Crippen molar-refractivity contribution in [2.75, 3.05) is 38.3 Å². The van der Waals surface area contributed by atoms with E-state index in [4.69, 9.17) is 0 Å². The molecule has 31 heavy (non-hydrogen) atoms. The number of hydrogen-bond acceptors (Lipinski definition) is 6. The van der Waals surface area contributed by atoms with Crippen LogP contribution in [0.25, 0.3) is 0 Å². The number of nitro benzene ring substituents is 1. The minimum atomic E-state index is -3.54. The summed E-state index contributed by atoms with van der Waals surface area (Å²) in [6, 6.07) is 10.3. The van der Waals surface area contributed by atoms with Crippen molar-refractivity contribution >= 4 is 51.1 Å². The zero-order valence-electron chi connectivity index (χ0n) is 17.1. The summed E-state index contributed by atoms with van der Waals surface area (Å²) in [5, 5.41) is 20.3. The Morgan fingerprint density at radius 1 is 1.13 bits per heavy atom. The van der Waals surface area contributed by atoms with Crippen molar-refractivity contribution in [2.45, 2.75) is 11.3 Å². The number of halogens is 2. The Morgan fingerprint density at radius 2 is 1.81 bits per heavy atom. The lowest BCUT2D eigenvalue weighted by atomic mass is 10.1. The summed E-state index contributed by atoms with van der Waals surface area (Å²) >= 11 is 0. The SMILES string of the molecule is CN=C(NCCNc1ccc(S(C)(=O)=O)cc1[N+](=O)[O-])NCCc1ccccc1F.I. The average molecular weight is 565 g/mol. The quantitative estimate of drug-likeness (QED) is 0.107. The number of rotatable bonds is 9. The predicted octanol–water partition coefficient (Wildman–Crippen LogP) is 2.58. The van der Waals surface area contributed by atoms with Gasteiger partial charge in [-0.05, 0) is 30.2 Å². The van der Waals surface area contributed by atoms with Crippen LogP contribution < -0.4 is 16.0 Å². The monoisotopic (exact) mass is 565 g/mol. The molecule has 0 radical (unpaired) electrons. The van der Waals surface area contributed by atoms with Crippen molar-refractivity contribution in [1.82, 2.24) is 10.6 Å². The second-order valence-corrected chi connectivity index (χ2v) is 8.42. The molecule has 3 N–H and O–H groups in total. The third kappa shape index (κ3) is 8.28. The van der Waals surface area contributed by atoms with Crippen molar-refractivity contribution in [3.63, 3.8) is 0 Å². The van der Waals surface area contributed by atoms with Crippen molar-refractivity contribution < 1.29 is 17.7 Å². The van der Waals surface area contributed by atoms with Gasteiger partial charge >= 0.3 is 0 Å². The minimum absolute atomic E-state index is 0. The Labute approximate surface area is 197 Å². The standard InChI is InChI=1S/C19H24FN5O4S.HI/c1-21-19(23-10-9-14-5-3-4-6-16(14)20)24-12-11-22-17-8-7-15(30(2,28)29)13-18(17)25(26)27;/h3-8,13,22H,9-12H2,1-2H3,(H2,21,23,24);1H. The lowest BCUT2D eigenvalue weighted by Crippen LogP contribution is -2.40. The van der Waals surface area contributed by atoms with Crippen molar-refractivity contribution in [3.8, 4) is 0 Å². The molecule has 2 rings (SSSR count). The first-order chi connectivity index (χ1) is 14.2. The topological polar surface area (TPSA) is 126 Å². The summed E-state index contributed by atoms with van der Waals surface area (Å²) in [7, 11) is -1.94. The van der Waals surface area contributed by atoms with E-state index in [0.717, 1.165) is 12.3 Å². The lowest BCUT2D eigenvalue weighted by molar-refractivity contribution is -0.384. The Bertz CT molecular complexity index is 1030. The number of benzene rings is 2. The Hall–Kier alpha value is -2.48. The van der Waals surface area contributed by atoms with Crippen LogP contribution in [0.15, 0.2) is 52.4 Å². The van der Waals surface area contributed by atoms with Crippen LogP contribution in [-0.2, 0) is 16.3 Å². The molecule has 170 valence electrons. The van der Waals surface area contributed by atoms with Gasteiger partial charge in [-0.15, -0.1) is 24.0 Å². The summed E-state index contributed by atoms with van der Waals surface area (Å²) < 4.78 is 36.8. The molecule has 2 aromatic rings. The summed E-state index contributed by atoms with van der Waals surface area (Å²) in [5.41, 5.74) is 0.508. The molecule has 0 unspecified atom stereocenters. The van der Waals surface area contributed by atoms with Gasteiger partial charge in [-0.3, -0.25) is 15.1 Å². The molecule has 0 saturated heterocycles. The van der Waals surface area contributed by atoms with Crippen molar-refractivity contribution in [3.05, 3.63) is 64.0 Å². The van der Waals surface area contributed by atoms with Gasteiger partial charge in [-0.2, -0.15) is 0 Å². The molecule has 2 aromatic carbocycles. The second-order valence-electron chi connectivity index (χ2n) is 6.40. The van der Waals surface area contributed by atoms with E-state index in [1.807, 2.05) is 0 Å². The molecule has 9 nitrogen and oxygen atoms in total. The first-order valence-corrected chi connectivity index (χ1v) is 11.0. The summed E-state index contributed by atoms with van der Waals surface area (Å²) in [6.45, 7) is 1.20. The molecule has 0 saturated carbocycles. The normalized spacial score (nSPS) is 11.4. The minimum Gasteiger partial charge on any atom is -0.378 e. The van der Waals surface area contributed by atoms with Crippen LogP contribution in [0.1, 0.15) is 5.56 Å². The highest BCUT2D eigenvalue weighted by Gasteiger charge is 2.18. The van der Waals surface area contributed by atoms with Gasteiger partial charge in [0.1, 0.15) is 11.5 Å². The predicted molar refractivity (Wildman–Crippen MR) is 130 cm³/mol. The van der Waals surface area contributed by atoms with Gasteiger partial charge in [-0.25, -0.2) is 12.8 Å². The molecule has 0 aromatic heterocycles. The smallest absolute Gasteiger partial charge is 0.293 e. The molecule has 0 amide bonds. The molecular formula is C19H25FIN5O4S. The number of nitrogens with zero attached hydrogens (tertiary/aromatic N) is 2. The Kier molecular flexibility index (Phi) is 10.6. The van der Waals surface area contributed by atoms with Gasteiger partial charge in [0.15, 0.2) is 15.8 Å². The molecule has 0 aliphatic heterocycles. The summed E-state index contributed by atoms with van der Waals surface area (Å²) in [4.78, 5) is 14.6. The summed E-state index contributed by atoms with van der Waals surface area (Å²) in [6.07, 6.45) is 1.48. The number of aliphatic imine (C=N–C) groups is 1. The van der Waals surface area contributed by atoms with Crippen LogP contribution >= 0.6 is 24.0 Å². The maximum absolute atomic E-state index is 13.6. The van der Waals surface area contributed by atoms with E-state index in [1.165, 1.54) is 18.2 Å². The molecule has 0 bridgehead atoms. The van der Waals surface area contributed by atoms with E-state index < -0.39 is 14.8 Å². The maximum atomic E-state index is 13.6. The van der Waals surface area contributed by atoms with Crippen molar-refractivity contribution in [2.24, 2.45) is 4.99 Å². The first-order valence-electron chi connectivity index (χ1n) is 9.12. The van der Waals surface area contributed by atoms with E-state index in [2.05, 4.69) is 20.9 Å². The summed E-state index contributed by atoms with van der Waals surface area (Å²) in [5.74, 6) is 0.255. The molecule has 0 spiro atoms. The highest BCUT2D eigenvalue weighted by molar-refractivity contribution is 14.0. The molecular weight excluding hydrogens is 540 g/mol. The molecule has 0 atom stereocenters. The molecule has 0 heterocycles. The van der Waals surface area contributed by atoms with E-state index in [1.54, 1.807) is 25.2 Å². The molecule has 0 aliphatic carbocycles. The van der Waals surface area contributed by atoms with Crippen LogP contribution in [0.5, 0.6) is 0 Å². The van der Waals surface area contributed by atoms with Crippen LogP contribution in [-0.4, -0.2) is 52.2 Å². The van der Waals surface area contributed by atoms with E-state index in [0.29, 0.717) is 37.6 Å². The molecule has 0 fully saturated rings. The first kappa shape index (κ1) is 26.6. The van der Waals surface area contributed by atoms with Gasteiger partial charge < -0.3 is 16.0 Å². The number of anilines is 1. The van der Waals surface area contributed by atoms with E-state index in [-0.39, 0.29) is 46.1 Å². The Morgan fingerprint density at radius 3 is 2.42 bits per heavy atom. The molecule has 12 heteroatoms. The third-order valence-electron chi connectivity index (χ3n) is 4.20. The number of hydrogen-bond donors (Lipinski definition) is 3. The fourth-order valence-electron chi connectivity index (χ4n) is 2.66. The van der Waals surface area contributed by atoms with Crippen LogP contribution in [0, 0.1) is 15.9 Å². The van der Waals surface area contributed by atoms with Crippen LogP contribution in [0.4, 0.5) is 15.8 Å². The highest BCUT2D eigenvalue weighted by Crippen LogP contribution is 2.27. The second kappa shape index (κ2) is 12.4. The van der Waals surface area contributed by atoms with Gasteiger partial charge in [0, 0.05) is 39.0 Å². The van der Waals surface area contributed by atoms with Crippen molar-refractivity contribution in [1.29, 1.82) is 0 Å². The van der Waals surface area contributed by atoms with Gasteiger partial charge in [0.25, 0.3) is 5.69 Å². The highest BCUT2D eigenvalue weighted by atomic mass is 127. The number of nitro groups is 1. The Balaban J connectivity index is 0.00000480. The average Bonchev–Trinajstić information content (AvgIpc) is 2.70. The zero-order chi connectivity index (χ0) is 22.1. The van der Waals surface area contributed by atoms with E-state index in [9.17, 15) is 22.9 Å². The fourth-order valence-corrected chi connectivity index (χ4v) is 3.30. The van der Waals surface area contributed by atoms with Gasteiger partial charge in [0.2, 0.25) is 0 Å². The third-order valence-corrected chi connectivity index (χ3v) is 5.31. The fraction of sp³-hybridized carbons (Fsp3) is 0.316. The number of sulfone groups is 1. The molecule has 0 aliphatic rings. The number of nitrogens with one attached hydrogen (secondary N) is 3. The maximum Gasteiger partial charge on any atom is 0.293 e. The zero-order valence-corrected chi connectivity index (χ0v) is 20.2. The van der Waals surface area contributed by atoms with Gasteiger partial charge in [0.05, 0.1) is 9.82 Å².